The zero-order valence-corrected chi connectivity index (χ0v) is 6.57. The molecule has 0 aromatic carbocycles. The van der Waals surface area contributed by atoms with E-state index in [1.807, 2.05) is 0 Å². The molecule has 0 spiro atoms. The number of rotatable bonds is 3. The van der Waals surface area contributed by atoms with Crippen molar-refractivity contribution in [3.8, 4) is 0 Å². The second-order valence-corrected chi connectivity index (χ2v) is 1.62. The van der Waals surface area contributed by atoms with Gasteiger partial charge in [-0.1, -0.05) is 20.8 Å². The Morgan fingerprint density at radius 2 is 1.12 bits per heavy atom. The minimum absolute atomic E-state index is 0. The maximum atomic E-state index is 2.38. The number of hydrogen-bond donors (Lipinski definition) is 0. The van der Waals surface area contributed by atoms with Crippen LogP contribution < -0.4 is 18.9 Å². The first kappa shape index (κ1) is 11.4. The SMILES string of the molecule is CCN(CC)CC.[Li+]. The molecule has 0 aliphatic carbocycles. The van der Waals surface area contributed by atoms with Gasteiger partial charge >= 0.3 is 18.9 Å². The third-order valence-corrected chi connectivity index (χ3v) is 1.34. The third kappa shape index (κ3) is 4.71. The van der Waals surface area contributed by atoms with Gasteiger partial charge in [0.25, 0.3) is 0 Å². The van der Waals surface area contributed by atoms with Crippen LogP contribution in [-0.4, -0.2) is 24.5 Å². The van der Waals surface area contributed by atoms with E-state index in [9.17, 15) is 0 Å². The van der Waals surface area contributed by atoms with Gasteiger partial charge in [-0.25, -0.2) is 0 Å². The summed E-state index contributed by atoms with van der Waals surface area (Å²) in [5.41, 5.74) is 0. The van der Waals surface area contributed by atoms with Crippen LogP contribution in [0.5, 0.6) is 0 Å². The Balaban J connectivity index is 0. The molecule has 44 valence electrons. The van der Waals surface area contributed by atoms with Crippen molar-refractivity contribution in [3.05, 3.63) is 0 Å². The molecule has 0 heterocycles. The van der Waals surface area contributed by atoms with Gasteiger partial charge in [-0.3, -0.25) is 0 Å². The maximum absolute atomic E-state index is 2.38. The Bertz CT molecular complexity index is 30.0. The molecule has 0 aromatic rings. The first-order valence-corrected chi connectivity index (χ1v) is 3.07. The molecule has 0 unspecified atom stereocenters. The van der Waals surface area contributed by atoms with E-state index in [2.05, 4.69) is 25.7 Å². The summed E-state index contributed by atoms with van der Waals surface area (Å²) in [5, 5.41) is 0. The van der Waals surface area contributed by atoms with E-state index < -0.39 is 0 Å². The second kappa shape index (κ2) is 7.56. The van der Waals surface area contributed by atoms with E-state index in [1.54, 1.807) is 0 Å². The van der Waals surface area contributed by atoms with Gasteiger partial charge in [0.15, 0.2) is 0 Å². The van der Waals surface area contributed by atoms with Crippen LogP contribution in [0.4, 0.5) is 0 Å². The molecule has 0 aliphatic rings. The van der Waals surface area contributed by atoms with Gasteiger partial charge in [0, 0.05) is 0 Å². The smallest absolute Gasteiger partial charge is 0.304 e. The average Bonchev–Trinajstić information content (AvgIpc) is 1.72. The Morgan fingerprint density at radius 3 is 1.12 bits per heavy atom. The van der Waals surface area contributed by atoms with Crippen molar-refractivity contribution in [2.24, 2.45) is 0 Å². The average molecular weight is 108 g/mol. The maximum Gasteiger partial charge on any atom is 1.00 e. The Kier molecular flexibility index (Phi) is 10.7. The standard InChI is InChI=1S/C6H15N.Li/c1-4-7(5-2)6-3;/h4-6H2,1-3H3;/q;+1. The van der Waals surface area contributed by atoms with Crippen molar-refractivity contribution in [3.63, 3.8) is 0 Å². The molecular weight excluding hydrogens is 93.0 g/mol. The third-order valence-electron chi connectivity index (χ3n) is 1.34. The molecule has 0 saturated carbocycles. The van der Waals surface area contributed by atoms with E-state index in [-0.39, 0.29) is 18.9 Å². The van der Waals surface area contributed by atoms with Crippen molar-refractivity contribution >= 4 is 0 Å². The van der Waals surface area contributed by atoms with Crippen molar-refractivity contribution in [1.82, 2.24) is 4.90 Å². The van der Waals surface area contributed by atoms with Gasteiger partial charge in [0.05, 0.1) is 0 Å². The molecule has 8 heavy (non-hydrogen) atoms. The van der Waals surface area contributed by atoms with Crippen LogP contribution in [-0.2, 0) is 0 Å². The van der Waals surface area contributed by atoms with E-state index in [0.29, 0.717) is 0 Å². The fourth-order valence-electron chi connectivity index (χ4n) is 0.671. The molecule has 0 radical (unpaired) electrons. The van der Waals surface area contributed by atoms with Crippen LogP contribution in [0.25, 0.3) is 0 Å². The minimum atomic E-state index is 0. The zero-order chi connectivity index (χ0) is 5.70. The van der Waals surface area contributed by atoms with Crippen LogP contribution in [0.3, 0.4) is 0 Å². The Morgan fingerprint density at radius 1 is 0.875 bits per heavy atom. The molecule has 0 bridgehead atoms. The number of nitrogens with zero attached hydrogens (tertiary/aromatic N) is 1. The Hall–Kier alpha value is 0.557. The summed E-state index contributed by atoms with van der Waals surface area (Å²) in [6, 6.07) is 0. The fraction of sp³-hybridized carbons (Fsp3) is 1.00. The van der Waals surface area contributed by atoms with Gasteiger partial charge in [-0.2, -0.15) is 0 Å². The minimum Gasteiger partial charge on any atom is -0.304 e. The van der Waals surface area contributed by atoms with E-state index >= 15 is 0 Å². The number of hydrogen-bond acceptors (Lipinski definition) is 1. The summed E-state index contributed by atoms with van der Waals surface area (Å²) < 4.78 is 0. The summed E-state index contributed by atoms with van der Waals surface area (Å²) in [6.45, 7) is 10.1. The molecule has 0 saturated heterocycles. The normalized spacial score (nSPS) is 9.00. The van der Waals surface area contributed by atoms with Crippen LogP contribution >= 0.6 is 0 Å². The molecule has 1 nitrogen and oxygen atoms in total. The predicted octanol–water partition coefficient (Wildman–Crippen LogP) is -1.65. The van der Waals surface area contributed by atoms with Gasteiger partial charge in [-0.05, 0) is 19.6 Å². The van der Waals surface area contributed by atoms with Crippen LogP contribution in [0.1, 0.15) is 20.8 Å². The first-order valence-electron chi connectivity index (χ1n) is 3.07. The van der Waals surface area contributed by atoms with Gasteiger partial charge in [0.2, 0.25) is 0 Å². The summed E-state index contributed by atoms with van der Waals surface area (Å²) in [5.74, 6) is 0. The molecule has 0 atom stereocenters. The fourth-order valence-corrected chi connectivity index (χ4v) is 0.671. The molecule has 0 amide bonds. The second-order valence-electron chi connectivity index (χ2n) is 1.62. The van der Waals surface area contributed by atoms with Gasteiger partial charge in [0.1, 0.15) is 0 Å². The molecule has 0 fully saturated rings. The predicted molar refractivity (Wildman–Crippen MR) is 33.5 cm³/mol. The van der Waals surface area contributed by atoms with Crippen LogP contribution in [0.2, 0.25) is 0 Å². The summed E-state index contributed by atoms with van der Waals surface area (Å²) >= 11 is 0. The van der Waals surface area contributed by atoms with E-state index in [1.165, 1.54) is 19.6 Å². The van der Waals surface area contributed by atoms with Crippen molar-refractivity contribution in [1.29, 1.82) is 0 Å². The van der Waals surface area contributed by atoms with Crippen molar-refractivity contribution in [2.45, 2.75) is 20.8 Å². The monoisotopic (exact) mass is 108 g/mol. The van der Waals surface area contributed by atoms with Gasteiger partial charge < -0.3 is 4.90 Å². The molecule has 0 aromatic heterocycles. The van der Waals surface area contributed by atoms with Crippen LogP contribution in [0.15, 0.2) is 0 Å². The molecule has 0 aliphatic heterocycles. The molecule has 2 heteroatoms. The van der Waals surface area contributed by atoms with Crippen LogP contribution in [0, 0.1) is 0 Å². The Labute approximate surface area is 64.6 Å². The van der Waals surface area contributed by atoms with Crippen molar-refractivity contribution in [2.75, 3.05) is 19.6 Å². The summed E-state index contributed by atoms with van der Waals surface area (Å²) in [4.78, 5) is 2.38. The van der Waals surface area contributed by atoms with Gasteiger partial charge in [-0.15, -0.1) is 0 Å². The molecular formula is C6H15LiN+. The van der Waals surface area contributed by atoms with Crippen molar-refractivity contribution < 1.29 is 18.9 Å². The summed E-state index contributed by atoms with van der Waals surface area (Å²) in [6.07, 6.45) is 0. The summed E-state index contributed by atoms with van der Waals surface area (Å²) in [7, 11) is 0. The van der Waals surface area contributed by atoms with E-state index in [0.717, 1.165) is 0 Å². The molecule has 0 rings (SSSR count). The van der Waals surface area contributed by atoms with E-state index in [4.69, 9.17) is 0 Å². The largest absolute Gasteiger partial charge is 1.00 e. The topological polar surface area (TPSA) is 3.24 Å². The molecule has 0 N–H and O–H groups in total. The first-order chi connectivity index (χ1) is 3.35. The zero-order valence-electron chi connectivity index (χ0n) is 6.57. The quantitative estimate of drug-likeness (QED) is 0.392.